The quantitative estimate of drug-likeness (QED) is 0.160. The highest BCUT2D eigenvalue weighted by Crippen LogP contribution is 2.43. The van der Waals surface area contributed by atoms with Gasteiger partial charge in [0.25, 0.3) is 0 Å². The smallest absolute Gasteiger partial charge is 0.344 e. The van der Waals surface area contributed by atoms with Crippen LogP contribution in [0.4, 0.5) is 0 Å². The Kier molecular flexibility index (Phi) is 4.97. The molecule has 4 aromatic rings. The van der Waals surface area contributed by atoms with Crippen molar-refractivity contribution in [2.75, 3.05) is 0 Å². The molecular formula is C22H14O12. The van der Waals surface area contributed by atoms with Crippen molar-refractivity contribution in [1.82, 2.24) is 0 Å². The molecule has 3 aromatic carbocycles. The Labute approximate surface area is 187 Å². The van der Waals surface area contributed by atoms with Crippen LogP contribution in [0.5, 0.6) is 51.7 Å². The molecule has 34 heavy (non-hydrogen) atoms. The number of carbonyl (C=O) groups is 1. The van der Waals surface area contributed by atoms with E-state index < -0.39 is 79.9 Å². The Morgan fingerprint density at radius 2 is 1.24 bits per heavy atom. The molecule has 0 aliphatic carbocycles. The van der Waals surface area contributed by atoms with Gasteiger partial charge in [0.15, 0.2) is 40.3 Å². The molecule has 12 nitrogen and oxygen atoms in total. The van der Waals surface area contributed by atoms with E-state index in [-0.39, 0.29) is 11.1 Å². The van der Waals surface area contributed by atoms with Crippen LogP contribution in [0.1, 0.15) is 10.4 Å². The second-order valence-electron chi connectivity index (χ2n) is 7.04. The summed E-state index contributed by atoms with van der Waals surface area (Å²) in [6.07, 6.45) is 0. The van der Waals surface area contributed by atoms with Crippen LogP contribution in [0.2, 0.25) is 0 Å². The number of phenols is 8. The van der Waals surface area contributed by atoms with Crippen molar-refractivity contribution in [1.29, 1.82) is 0 Å². The first-order chi connectivity index (χ1) is 16.0. The van der Waals surface area contributed by atoms with Gasteiger partial charge in [-0.2, -0.15) is 0 Å². The Bertz CT molecular complexity index is 1500. The van der Waals surface area contributed by atoms with Gasteiger partial charge in [0.05, 0.1) is 5.56 Å². The predicted molar refractivity (Wildman–Crippen MR) is 113 cm³/mol. The van der Waals surface area contributed by atoms with E-state index in [4.69, 9.17) is 9.15 Å². The van der Waals surface area contributed by atoms with Gasteiger partial charge in [0.2, 0.25) is 11.2 Å². The molecule has 4 rings (SSSR count). The number of hydrogen-bond acceptors (Lipinski definition) is 12. The number of fused-ring (bicyclic) bond motifs is 1. The first-order valence-electron chi connectivity index (χ1n) is 9.23. The summed E-state index contributed by atoms with van der Waals surface area (Å²) in [5.41, 5.74) is -2.22. The summed E-state index contributed by atoms with van der Waals surface area (Å²) in [7, 11) is 0. The van der Waals surface area contributed by atoms with Crippen LogP contribution < -0.4 is 10.2 Å². The van der Waals surface area contributed by atoms with E-state index in [0.717, 1.165) is 36.4 Å². The maximum atomic E-state index is 13.2. The van der Waals surface area contributed by atoms with Crippen molar-refractivity contribution < 1.29 is 54.8 Å². The molecule has 174 valence electrons. The molecule has 0 amide bonds. The maximum absolute atomic E-state index is 13.2. The average molecular weight is 470 g/mol. The van der Waals surface area contributed by atoms with Crippen LogP contribution in [-0.4, -0.2) is 46.8 Å². The second-order valence-corrected chi connectivity index (χ2v) is 7.04. The Balaban J connectivity index is 1.98. The van der Waals surface area contributed by atoms with Crippen molar-refractivity contribution in [2.45, 2.75) is 0 Å². The second kappa shape index (κ2) is 7.70. The van der Waals surface area contributed by atoms with Gasteiger partial charge in [-0.15, -0.1) is 0 Å². The van der Waals surface area contributed by atoms with E-state index in [0.29, 0.717) is 0 Å². The van der Waals surface area contributed by atoms with E-state index in [1.165, 1.54) is 0 Å². The highest BCUT2D eigenvalue weighted by Gasteiger charge is 2.26. The lowest BCUT2D eigenvalue weighted by Crippen LogP contribution is -2.16. The molecule has 0 saturated heterocycles. The van der Waals surface area contributed by atoms with Crippen molar-refractivity contribution in [3.63, 3.8) is 0 Å². The van der Waals surface area contributed by atoms with Crippen molar-refractivity contribution in [3.8, 4) is 63.1 Å². The standard InChI is InChI=1S/C22H14O12/c23-9-5-10(24)16-15(6-9)33-20(7-1-11(25)17(29)12(26)2-7)21(19(16)31)34-22(32)8-3-13(27)18(30)14(28)4-8/h1-6,23-30H. The minimum atomic E-state index is -1.32. The van der Waals surface area contributed by atoms with E-state index in [9.17, 15) is 50.4 Å². The van der Waals surface area contributed by atoms with Gasteiger partial charge in [0.1, 0.15) is 22.5 Å². The van der Waals surface area contributed by atoms with E-state index in [2.05, 4.69) is 0 Å². The van der Waals surface area contributed by atoms with Crippen LogP contribution in [0, 0.1) is 0 Å². The van der Waals surface area contributed by atoms with Gasteiger partial charge in [0, 0.05) is 17.7 Å². The van der Waals surface area contributed by atoms with Crippen molar-refractivity contribution in [3.05, 3.63) is 52.2 Å². The third-order valence-electron chi connectivity index (χ3n) is 4.75. The number of esters is 1. The zero-order valence-corrected chi connectivity index (χ0v) is 16.7. The van der Waals surface area contributed by atoms with E-state index in [1.807, 2.05) is 0 Å². The largest absolute Gasteiger partial charge is 0.508 e. The summed E-state index contributed by atoms with van der Waals surface area (Å²) in [6.45, 7) is 0. The molecule has 1 heterocycles. The van der Waals surface area contributed by atoms with Crippen LogP contribution in [-0.2, 0) is 0 Å². The van der Waals surface area contributed by atoms with Crippen LogP contribution in [0.3, 0.4) is 0 Å². The molecule has 1 aromatic heterocycles. The topological polar surface area (TPSA) is 218 Å². The fourth-order valence-electron chi connectivity index (χ4n) is 3.16. The minimum absolute atomic E-state index is 0.256. The fourth-order valence-corrected chi connectivity index (χ4v) is 3.16. The molecular weight excluding hydrogens is 456 g/mol. The number of rotatable bonds is 3. The number of aromatic hydroxyl groups is 8. The number of carbonyl (C=O) groups excluding carboxylic acids is 1. The van der Waals surface area contributed by atoms with Gasteiger partial charge in [-0.3, -0.25) is 4.79 Å². The zero-order valence-electron chi connectivity index (χ0n) is 16.7. The summed E-state index contributed by atoms with van der Waals surface area (Å²) >= 11 is 0. The van der Waals surface area contributed by atoms with Gasteiger partial charge < -0.3 is 50.0 Å². The highest BCUT2D eigenvalue weighted by atomic mass is 16.5. The van der Waals surface area contributed by atoms with E-state index in [1.54, 1.807) is 0 Å². The zero-order chi connectivity index (χ0) is 24.9. The van der Waals surface area contributed by atoms with E-state index >= 15 is 0 Å². The normalized spacial score (nSPS) is 10.9. The van der Waals surface area contributed by atoms with Gasteiger partial charge in [-0.1, -0.05) is 0 Å². The Hall–Kier alpha value is -5.26. The molecule has 0 radical (unpaired) electrons. The molecule has 0 saturated carbocycles. The molecule has 0 bridgehead atoms. The summed E-state index contributed by atoms with van der Waals surface area (Å²) < 4.78 is 10.7. The monoisotopic (exact) mass is 470 g/mol. The summed E-state index contributed by atoms with van der Waals surface area (Å²) in [5.74, 6) is -9.06. The number of benzene rings is 3. The first kappa shape index (κ1) is 22.0. The highest BCUT2D eigenvalue weighted by molar-refractivity contribution is 5.95. The summed E-state index contributed by atoms with van der Waals surface area (Å²) in [6, 6.07) is 5.04. The lowest BCUT2D eigenvalue weighted by atomic mass is 10.1. The molecule has 0 unspecified atom stereocenters. The first-order valence-corrected chi connectivity index (χ1v) is 9.23. The summed E-state index contributed by atoms with van der Waals surface area (Å²) in [4.78, 5) is 25.8. The fraction of sp³-hybridized carbons (Fsp3) is 0. The number of ether oxygens (including phenoxy) is 1. The third-order valence-corrected chi connectivity index (χ3v) is 4.75. The average Bonchev–Trinajstić information content (AvgIpc) is 2.76. The van der Waals surface area contributed by atoms with Crippen molar-refractivity contribution >= 4 is 16.9 Å². The number of hydrogen-bond donors (Lipinski definition) is 8. The van der Waals surface area contributed by atoms with Crippen molar-refractivity contribution in [2.24, 2.45) is 0 Å². The molecule has 8 N–H and O–H groups in total. The lowest BCUT2D eigenvalue weighted by molar-refractivity contribution is 0.0730. The van der Waals surface area contributed by atoms with Gasteiger partial charge in [-0.25, -0.2) is 4.79 Å². The molecule has 0 aliphatic heterocycles. The Morgan fingerprint density at radius 3 is 1.79 bits per heavy atom. The predicted octanol–water partition coefficient (Wildman–Crippen LogP) is 2.32. The van der Waals surface area contributed by atoms with Gasteiger partial charge in [-0.05, 0) is 24.3 Å². The summed E-state index contributed by atoms with van der Waals surface area (Å²) in [5, 5.41) is 77.4. The third kappa shape index (κ3) is 3.54. The molecule has 0 fully saturated rings. The number of phenolic OH excluding ortho intramolecular Hbond substituents is 8. The molecule has 0 aliphatic rings. The molecule has 0 spiro atoms. The van der Waals surface area contributed by atoms with Crippen LogP contribution in [0.15, 0.2) is 45.6 Å². The minimum Gasteiger partial charge on any atom is -0.508 e. The van der Waals surface area contributed by atoms with Gasteiger partial charge >= 0.3 is 5.97 Å². The van der Waals surface area contributed by atoms with Crippen LogP contribution >= 0.6 is 0 Å². The maximum Gasteiger partial charge on any atom is 0.344 e. The Morgan fingerprint density at radius 1 is 0.706 bits per heavy atom. The molecule has 12 heteroatoms. The SMILES string of the molecule is O=C(Oc1c(-c2cc(O)c(O)c(O)c2)oc2cc(O)cc(O)c2c1=O)c1cc(O)c(O)c(O)c1. The lowest BCUT2D eigenvalue weighted by Gasteiger charge is -2.13. The molecule has 0 atom stereocenters. The van der Waals surface area contributed by atoms with Crippen LogP contribution in [0.25, 0.3) is 22.3 Å².